The van der Waals surface area contributed by atoms with E-state index in [2.05, 4.69) is 12.0 Å². The number of halogens is 1. The van der Waals surface area contributed by atoms with Gasteiger partial charge < -0.3 is 4.74 Å². The topological polar surface area (TPSA) is 33.0 Å². The van der Waals surface area contributed by atoms with Gasteiger partial charge in [0.25, 0.3) is 0 Å². The summed E-state index contributed by atoms with van der Waals surface area (Å²) in [6.45, 7) is 0. The lowest BCUT2D eigenvalue weighted by Gasteiger charge is -2.32. The van der Waals surface area contributed by atoms with E-state index in [0.717, 1.165) is 0 Å². The summed E-state index contributed by atoms with van der Waals surface area (Å²) in [7, 11) is 1.49. The van der Waals surface area contributed by atoms with Crippen molar-refractivity contribution in [3.8, 4) is 18.4 Å². The standard InChI is InChI=1S/C14H12FNO/c1-3-14(17-2,13(10-16)8-9-13)11-4-6-12(15)7-5-11/h1,4-7H,8-9H2,2H3/t14-/m1/s1. The molecule has 0 unspecified atom stereocenters. The predicted molar refractivity (Wildman–Crippen MR) is 61.2 cm³/mol. The third-order valence-electron chi connectivity index (χ3n) is 3.40. The molecule has 2 rings (SSSR count). The van der Waals surface area contributed by atoms with Crippen molar-refractivity contribution in [1.29, 1.82) is 5.26 Å². The van der Waals surface area contributed by atoms with Crippen LogP contribution >= 0.6 is 0 Å². The second-order valence-electron chi connectivity index (χ2n) is 4.23. The zero-order chi connectivity index (χ0) is 12.5. The molecule has 0 aromatic heterocycles. The van der Waals surface area contributed by atoms with Gasteiger partial charge in [-0.1, -0.05) is 18.1 Å². The van der Waals surface area contributed by atoms with E-state index in [9.17, 15) is 9.65 Å². The van der Waals surface area contributed by atoms with Gasteiger partial charge >= 0.3 is 0 Å². The van der Waals surface area contributed by atoms with Gasteiger partial charge in [0.15, 0.2) is 5.60 Å². The summed E-state index contributed by atoms with van der Waals surface area (Å²) in [5.74, 6) is 2.25. The van der Waals surface area contributed by atoms with Crippen molar-refractivity contribution in [2.75, 3.05) is 7.11 Å². The number of rotatable bonds is 3. The molecular weight excluding hydrogens is 217 g/mol. The fourth-order valence-electron chi connectivity index (χ4n) is 2.22. The van der Waals surface area contributed by atoms with E-state index in [4.69, 9.17) is 11.2 Å². The first-order chi connectivity index (χ1) is 8.14. The second kappa shape index (κ2) is 3.87. The van der Waals surface area contributed by atoms with Crippen LogP contribution in [0, 0.1) is 34.9 Å². The van der Waals surface area contributed by atoms with Gasteiger partial charge in [-0.2, -0.15) is 5.26 Å². The molecule has 0 radical (unpaired) electrons. The lowest BCUT2D eigenvalue weighted by atomic mass is 9.79. The number of benzene rings is 1. The average molecular weight is 229 g/mol. The number of hydrogen-bond donors (Lipinski definition) is 0. The van der Waals surface area contributed by atoms with Crippen molar-refractivity contribution < 1.29 is 9.13 Å². The van der Waals surface area contributed by atoms with Gasteiger partial charge in [0.2, 0.25) is 0 Å². The number of terminal acetylenes is 1. The lowest BCUT2D eigenvalue weighted by Crippen LogP contribution is -2.36. The maximum Gasteiger partial charge on any atom is 0.171 e. The highest BCUT2D eigenvalue weighted by atomic mass is 19.1. The molecule has 1 fully saturated rings. The van der Waals surface area contributed by atoms with Crippen molar-refractivity contribution in [2.24, 2.45) is 5.41 Å². The van der Waals surface area contributed by atoms with Crippen LogP contribution in [0.15, 0.2) is 24.3 Å². The van der Waals surface area contributed by atoms with Gasteiger partial charge in [-0.3, -0.25) is 0 Å². The first-order valence-electron chi connectivity index (χ1n) is 5.34. The van der Waals surface area contributed by atoms with Crippen LogP contribution in [0.2, 0.25) is 0 Å². The molecule has 0 heterocycles. The third kappa shape index (κ3) is 1.52. The maximum atomic E-state index is 12.9. The van der Waals surface area contributed by atoms with Crippen LogP contribution in [0.3, 0.4) is 0 Å². The molecule has 1 atom stereocenters. The summed E-state index contributed by atoms with van der Waals surface area (Å²) in [5, 5.41) is 9.27. The largest absolute Gasteiger partial charge is 0.360 e. The quantitative estimate of drug-likeness (QED) is 0.746. The molecule has 86 valence electrons. The highest BCUT2D eigenvalue weighted by Gasteiger charge is 2.61. The Morgan fingerprint density at radius 1 is 1.41 bits per heavy atom. The normalized spacial score (nSPS) is 19.8. The summed E-state index contributed by atoms with van der Waals surface area (Å²) in [6, 6.07) is 8.06. The smallest absolute Gasteiger partial charge is 0.171 e. The molecule has 17 heavy (non-hydrogen) atoms. The minimum absolute atomic E-state index is 0.336. The molecule has 1 aliphatic rings. The summed E-state index contributed by atoms with van der Waals surface area (Å²) in [6.07, 6.45) is 6.98. The molecule has 1 aliphatic carbocycles. The van der Waals surface area contributed by atoms with Gasteiger partial charge in [0.05, 0.1) is 6.07 Å². The van der Waals surface area contributed by atoms with Crippen LogP contribution in [0.25, 0.3) is 0 Å². The Morgan fingerprint density at radius 3 is 2.35 bits per heavy atom. The van der Waals surface area contributed by atoms with Crippen molar-refractivity contribution in [3.05, 3.63) is 35.6 Å². The summed E-state index contributed by atoms with van der Waals surface area (Å²) >= 11 is 0. The maximum absolute atomic E-state index is 12.9. The van der Waals surface area contributed by atoms with Gasteiger partial charge in [0, 0.05) is 7.11 Å². The van der Waals surface area contributed by atoms with Crippen molar-refractivity contribution in [2.45, 2.75) is 18.4 Å². The fraction of sp³-hybridized carbons (Fsp3) is 0.357. The molecule has 0 aliphatic heterocycles. The van der Waals surface area contributed by atoms with E-state index in [1.54, 1.807) is 12.1 Å². The molecule has 0 N–H and O–H groups in total. The van der Waals surface area contributed by atoms with Crippen LogP contribution < -0.4 is 0 Å². The second-order valence-corrected chi connectivity index (χ2v) is 4.23. The first kappa shape index (κ1) is 11.6. The zero-order valence-corrected chi connectivity index (χ0v) is 9.53. The van der Waals surface area contributed by atoms with E-state index in [1.165, 1.54) is 19.2 Å². The average Bonchev–Trinajstić information content (AvgIpc) is 3.15. The highest BCUT2D eigenvalue weighted by Crippen LogP contribution is 2.59. The van der Waals surface area contributed by atoms with E-state index in [0.29, 0.717) is 18.4 Å². The summed E-state index contributed by atoms with van der Waals surface area (Å²) in [4.78, 5) is 0. The first-order valence-corrected chi connectivity index (χ1v) is 5.34. The van der Waals surface area contributed by atoms with Crippen LogP contribution in [0.4, 0.5) is 4.39 Å². The van der Waals surface area contributed by atoms with E-state index < -0.39 is 11.0 Å². The molecule has 0 bridgehead atoms. The van der Waals surface area contributed by atoms with Crippen LogP contribution in [-0.2, 0) is 10.3 Å². The predicted octanol–water partition coefficient (Wildman–Crippen LogP) is 2.60. The minimum Gasteiger partial charge on any atom is -0.360 e. The molecule has 1 saturated carbocycles. The Balaban J connectivity index is 2.54. The van der Waals surface area contributed by atoms with Gasteiger partial charge in [-0.25, -0.2) is 4.39 Å². The van der Waals surface area contributed by atoms with Crippen LogP contribution in [0.5, 0.6) is 0 Å². The minimum atomic E-state index is -1.07. The summed E-state index contributed by atoms with van der Waals surface area (Å²) < 4.78 is 18.4. The van der Waals surface area contributed by atoms with E-state index in [-0.39, 0.29) is 5.82 Å². The fourth-order valence-corrected chi connectivity index (χ4v) is 2.22. The zero-order valence-electron chi connectivity index (χ0n) is 9.53. The Labute approximate surface area is 100 Å². The molecule has 0 saturated heterocycles. The highest BCUT2D eigenvalue weighted by molar-refractivity contribution is 5.41. The monoisotopic (exact) mass is 229 g/mol. The number of nitriles is 1. The van der Waals surface area contributed by atoms with Crippen LogP contribution in [-0.4, -0.2) is 7.11 Å². The van der Waals surface area contributed by atoms with Gasteiger partial charge in [-0.15, -0.1) is 6.42 Å². The SMILES string of the molecule is C#C[C@@](OC)(c1ccc(F)cc1)C1(C#N)CC1. The summed E-state index contributed by atoms with van der Waals surface area (Å²) in [5.41, 5.74) is -1.09. The molecule has 3 heteroatoms. The van der Waals surface area contributed by atoms with Gasteiger partial charge in [-0.05, 0) is 30.5 Å². The number of hydrogen-bond acceptors (Lipinski definition) is 2. The molecular formula is C14H12FNO. The third-order valence-corrected chi connectivity index (χ3v) is 3.40. The van der Waals surface area contributed by atoms with Gasteiger partial charge in [0.1, 0.15) is 11.2 Å². The van der Waals surface area contributed by atoms with E-state index in [1.807, 2.05) is 0 Å². The number of methoxy groups -OCH3 is 1. The molecule has 0 spiro atoms. The lowest BCUT2D eigenvalue weighted by molar-refractivity contribution is -0.00569. The molecule has 1 aromatic carbocycles. The number of ether oxygens (including phenoxy) is 1. The molecule has 0 amide bonds. The van der Waals surface area contributed by atoms with E-state index >= 15 is 0 Å². The Morgan fingerprint density at radius 2 is 2.00 bits per heavy atom. The molecule has 2 nitrogen and oxygen atoms in total. The molecule has 1 aromatic rings. The van der Waals surface area contributed by atoms with Crippen LogP contribution in [0.1, 0.15) is 18.4 Å². The Hall–Kier alpha value is -1.84. The van der Waals surface area contributed by atoms with Crippen molar-refractivity contribution in [3.63, 3.8) is 0 Å². The van der Waals surface area contributed by atoms with Crippen molar-refractivity contribution in [1.82, 2.24) is 0 Å². The Bertz CT molecular complexity index is 505. The Kier molecular flexibility index (Phi) is 2.65. The van der Waals surface area contributed by atoms with Crippen molar-refractivity contribution >= 4 is 0 Å². The number of nitrogens with zero attached hydrogens (tertiary/aromatic N) is 1.